The van der Waals surface area contributed by atoms with Crippen LogP contribution in [-0.2, 0) is 56.2 Å². The van der Waals surface area contributed by atoms with Gasteiger partial charge >= 0.3 is 5.97 Å². The summed E-state index contributed by atoms with van der Waals surface area (Å²) in [4.78, 5) is 18.6. The van der Waals surface area contributed by atoms with Crippen LogP contribution in [-0.4, -0.2) is 202 Å². The lowest BCUT2D eigenvalue weighted by molar-refractivity contribution is -0.318. The molecule has 1 aromatic heterocycles. The molecule has 4 aliphatic heterocycles. The van der Waals surface area contributed by atoms with Crippen LogP contribution < -0.4 is 4.72 Å². The average molecular weight is 1090 g/mol. The number of hydrogen-bond donors (Lipinski definition) is 6. The standard InChI is InChI=1S/C53H88N8O14S/c1-14-42-53(10,67)46(63)35(6)60(12)29-31(2)27-51(8,66)48(33(4)45(34(5)49(65)73-42)74-43-28-52(9,70-13)47(64)36(7)72-43)75-50-44(62)41(26-32(3)71-50)59(11)25-21-38-30-61(58-56-38)24-15-22-55-76(68,69)39-18-16-37(17-19-39)40-20-23-54-57-40/h16-20,30-36,41-48,50,55,62-64,66-67H,14-15,21-29H2,1-13H3/t31-,32-,33+,34-,35-,36+,41+,42-,43+,44-,45+,46-,47+,48-,50+,51-,52-,53-/m1/s1. The maximum atomic E-state index is 14.5. The lowest BCUT2D eigenvalue weighted by Gasteiger charge is -2.49. The third-order valence-corrected chi connectivity index (χ3v) is 17.8. The number of likely N-dealkylation sites (N-methyl/N-ethyl adjacent to an activating group) is 2. The third kappa shape index (κ3) is 14.7. The van der Waals surface area contributed by atoms with Crippen LogP contribution in [0.25, 0.3) is 5.70 Å². The van der Waals surface area contributed by atoms with Crippen molar-refractivity contribution in [1.29, 1.82) is 0 Å². The highest BCUT2D eigenvalue weighted by molar-refractivity contribution is 7.89. The van der Waals surface area contributed by atoms with E-state index in [4.69, 9.17) is 28.4 Å². The molecular weight excluding hydrogens is 1000 g/mol. The summed E-state index contributed by atoms with van der Waals surface area (Å²) in [5, 5.41) is 76.4. The Balaban J connectivity index is 1.18. The quantitative estimate of drug-likeness (QED) is 0.0979. The maximum absolute atomic E-state index is 14.5. The predicted molar refractivity (Wildman–Crippen MR) is 281 cm³/mol. The Bertz CT molecular complexity index is 2370. The van der Waals surface area contributed by atoms with Gasteiger partial charge in [0, 0.05) is 75.9 Å². The van der Waals surface area contributed by atoms with Gasteiger partial charge in [-0.25, -0.2) is 13.1 Å². The Hall–Kier alpha value is -3.40. The number of rotatable bonds is 17. The molecule has 4 aliphatic rings. The second-order valence-electron chi connectivity index (χ2n) is 22.7. The highest BCUT2D eigenvalue weighted by atomic mass is 32.2. The van der Waals surface area contributed by atoms with Crippen molar-refractivity contribution < 1.29 is 67.2 Å². The van der Waals surface area contributed by atoms with Crippen LogP contribution in [0.3, 0.4) is 0 Å². The Morgan fingerprint density at radius 1 is 0.974 bits per heavy atom. The van der Waals surface area contributed by atoms with E-state index in [0.29, 0.717) is 51.1 Å². The Labute approximate surface area is 449 Å². The number of azo groups is 1. The predicted octanol–water partition coefficient (Wildman–Crippen LogP) is 3.28. The van der Waals surface area contributed by atoms with E-state index >= 15 is 0 Å². The molecule has 22 nitrogen and oxygen atoms in total. The Morgan fingerprint density at radius 2 is 1.67 bits per heavy atom. The highest BCUT2D eigenvalue weighted by Crippen LogP contribution is 2.40. The zero-order valence-electron chi connectivity index (χ0n) is 46.9. The topological polar surface area (TPSA) is 282 Å². The molecule has 76 heavy (non-hydrogen) atoms. The van der Waals surface area contributed by atoms with E-state index < -0.39 is 118 Å². The first-order valence-corrected chi connectivity index (χ1v) is 28.4. The molecule has 3 saturated heterocycles. The number of nitrogens with zero attached hydrogens (tertiary/aromatic N) is 7. The minimum Gasteiger partial charge on any atom is -0.459 e. The summed E-state index contributed by atoms with van der Waals surface area (Å²) in [6.45, 7) is 19.4. The molecule has 1 aromatic carbocycles. The fraction of sp³-hybridized carbons (Fsp3) is 0.792. The molecular formula is C53H88N8O14S. The van der Waals surface area contributed by atoms with Crippen molar-refractivity contribution in [2.24, 2.45) is 28.0 Å². The number of aliphatic hydroxyl groups excluding tert-OH is 3. The average Bonchev–Trinajstić information content (AvgIpc) is 4.09. The van der Waals surface area contributed by atoms with E-state index in [1.54, 1.807) is 77.4 Å². The van der Waals surface area contributed by atoms with Gasteiger partial charge in [0.2, 0.25) is 10.0 Å². The molecule has 0 amide bonds. The van der Waals surface area contributed by atoms with E-state index in [1.165, 1.54) is 14.0 Å². The fourth-order valence-electron chi connectivity index (χ4n) is 11.5. The number of aromatic nitrogens is 3. The second kappa shape index (κ2) is 25.8. The first-order valence-electron chi connectivity index (χ1n) is 27.0. The number of cyclic esters (lactones) is 1. The van der Waals surface area contributed by atoms with Crippen LogP contribution in [0.1, 0.15) is 113 Å². The number of ether oxygens (including phenoxy) is 6. The van der Waals surface area contributed by atoms with Crippen molar-refractivity contribution in [3.05, 3.63) is 47.8 Å². The summed E-state index contributed by atoms with van der Waals surface area (Å²) >= 11 is 0. The van der Waals surface area contributed by atoms with E-state index in [-0.39, 0.29) is 36.6 Å². The maximum Gasteiger partial charge on any atom is 0.311 e. The molecule has 0 bridgehead atoms. The molecule has 6 rings (SSSR count). The molecule has 2 aromatic rings. The van der Waals surface area contributed by atoms with Gasteiger partial charge in [0.25, 0.3) is 0 Å². The number of esters is 1. The van der Waals surface area contributed by atoms with Gasteiger partial charge in [0.1, 0.15) is 30.0 Å². The second-order valence-corrected chi connectivity index (χ2v) is 24.5. The van der Waals surface area contributed by atoms with Crippen molar-refractivity contribution in [2.45, 2.75) is 210 Å². The number of carbonyl (C=O) groups is 1. The van der Waals surface area contributed by atoms with E-state index in [9.17, 15) is 38.7 Å². The largest absolute Gasteiger partial charge is 0.459 e. The van der Waals surface area contributed by atoms with Crippen LogP contribution >= 0.6 is 0 Å². The Kier molecular flexibility index (Phi) is 21.0. The molecule has 3 fully saturated rings. The molecule has 23 heteroatoms. The molecule has 0 unspecified atom stereocenters. The number of carbonyl (C=O) groups excluding carboxylic acids is 1. The van der Waals surface area contributed by atoms with Gasteiger partial charge in [-0.3, -0.25) is 9.48 Å². The van der Waals surface area contributed by atoms with E-state index in [2.05, 4.69) is 25.3 Å². The van der Waals surface area contributed by atoms with Crippen LogP contribution in [0.4, 0.5) is 0 Å². The minimum absolute atomic E-state index is 0.0859. The van der Waals surface area contributed by atoms with Gasteiger partial charge in [-0.1, -0.05) is 38.1 Å². The number of sulfonamides is 1. The fourth-order valence-corrected chi connectivity index (χ4v) is 12.6. The molecule has 18 atom stereocenters. The van der Waals surface area contributed by atoms with Crippen molar-refractivity contribution in [1.82, 2.24) is 29.5 Å². The van der Waals surface area contributed by atoms with Gasteiger partial charge in [-0.2, -0.15) is 10.2 Å². The normalized spacial score (nSPS) is 38.6. The number of aliphatic hydroxyl groups is 5. The third-order valence-electron chi connectivity index (χ3n) is 16.3. The first-order chi connectivity index (χ1) is 35.6. The molecule has 430 valence electrons. The molecule has 5 heterocycles. The van der Waals surface area contributed by atoms with Crippen LogP contribution in [0.15, 0.2) is 51.7 Å². The van der Waals surface area contributed by atoms with Crippen molar-refractivity contribution in [2.75, 3.05) is 47.4 Å². The van der Waals surface area contributed by atoms with E-state index in [0.717, 1.165) is 11.3 Å². The smallest absolute Gasteiger partial charge is 0.311 e. The van der Waals surface area contributed by atoms with Gasteiger partial charge in [0.15, 0.2) is 12.6 Å². The van der Waals surface area contributed by atoms with Gasteiger partial charge in [0.05, 0.1) is 64.4 Å². The van der Waals surface area contributed by atoms with Crippen LogP contribution in [0.2, 0.25) is 0 Å². The zero-order chi connectivity index (χ0) is 56.1. The summed E-state index contributed by atoms with van der Waals surface area (Å²) in [5.41, 5.74) is -2.36. The minimum atomic E-state index is -3.73. The van der Waals surface area contributed by atoms with E-state index in [1.807, 2.05) is 50.0 Å². The zero-order valence-corrected chi connectivity index (χ0v) is 47.7. The molecule has 0 aliphatic carbocycles. The molecule has 0 radical (unpaired) electrons. The summed E-state index contributed by atoms with van der Waals surface area (Å²) < 4.78 is 68.6. The van der Waals surface area contributed by atoms with Crippen LogP contribution in [0.5, 0.6) is 0 Å². The highest BCUT2D eigenvalue weighted by Gasteiger charge is 2.53. The summed E-state index contributed by atoms with van der Waals surface area (Å²) in [5.74, 6) is -2.86. The number of methoxy groups -OCH3 is 1. The van der Waals surface area contributed by atoms with Crippen molar-refractivity contribution in [3.8, 4) is 0 Å². The molecule has 0 saturated carbocycles. The lowest BCUT2D eigenvalue weighted by atomic mass is 9.77. The van der Waals surface area contributed by atoms with Crippen LogP contribution in [0, 0.1) is 17.8 Å². The Morgan fingerprint density at radius 3 is 2.32 bits per heavy atom. The summed E-state index contributed by atoms with van der Waals surface area (Å²) in [6.07, 6.45) is -4.70. The first kappa shape index (κ1) is 61.8. The van der Waals surface area contributed by atoms with Crippen molar-refractivity contribution >= 4 is 21.7 Å². The number of hydrogen-bond acceptors (Lipinski definition) is 20. The van der Waals surface area contributed by atoms with Crippen molar-refractivity contribution in [3.63, 3.8) is 0 Å². The van der Waals surface area contributed by atoms with Gasteiger partial charge < -0.3 is 63.8 Å². The summed E-state index contributed by atoms with van der Waals surface area (Å²) in [7, 11) is 1.49. The molecule has 6 N–H and O–H groups in total. The van der Waals surface area contributed by atoms with Gasteiger partial charge in [-0.15, -0.1) is 5.10 Å². The number of benzene rings is 1. The lowest BCUT2D eigenvalue weighted by Crippen LogP contribution is -2.61. The molecule has 0 spiro atoms. The monoisotopic (exact) mass is 1090 g/mol. The number of nitrogens with one attached hydrogen (secondary N) is 1. The van der Waals surface area contributed by atoms with Gasteiger partial charge in [-0.05, 0) is 112 Å². The summed E-state index contributed by atoms with van der Waals surface area (Å²) in [6, 6.07) is 5.47. The SMILES string of the molecule is CC[C@H]1OC(=O)[C@H](C)[C@@H](O[C@H]2C[C@@](C)(OC)[C@@H](O)[C@H](C)O2)[C@H](C)[C@@H](O[C@@H]2O[C@H](C)C[C@H](N(C)CCc3cn(CCCNS(=O)(=O)c4ccc(C5=CCN=N5)cc4)nn3)[C@H]2O)[C@](C)(O)C[C@@H](C)CN(C)[C@H](C)[C@@H](O)[C@]1(C)O. The number of aryl methyl sites for hydroxylation is 1.